The van der Waals surface area contributed by atoms with Crippen molar-refractivity contribution in [2.45, 2.75) is 57.9 Å². The highest BCUT2D eigenvalue weighted by Crippen LogP contribution is 2.37. The maximum absolute atomic E-state index is 13.3. The van der Waals surface area contributed by atoms with Crippen molar-refractivity contribution in [2.75, 3.05) is 31.3 Å². The van der Waals surface area contributed by atoms with E-state index in [9.17, 15) is 14.4 Å². The molecule has 2 fully saturated rings. The van der Waals surface area contributed by atoms with Gasteiger partial charge in [0.1, 0.15) is 5.54 Å². The van der Waals surface area contributed by atoms with E-state index >= 15 is 0 Å². The number of nitrogens with one attached hydrogen (secondary N) is 1. The molecule has 0 radical (unpaired) electrons. The van der Waals surface area contributed by atoms with Crippen molar-refractivity contribution < 1.29 is 23.9 Å². The molecule has 1 saturated heterocycles. The topological polar surface area (TPSA) is 88.2 Å². The van der Waals surface area contributed by atoms with Crippen molar-refractivity contribution in [2.24, 2.45) is 5.92 Å². The third kappa shape index (κ3) is 4.07. The van der Waals surface area contributed by atoms with E-state index in [2.05, 4.69) is 5.32 Å². The van der Waals surface area contributed by atoms with E-state index in [0.717, 1.165) is 19.3 Å². The molecule has 1 unspecified atom stereocenters. The Labute approximate surface area is 182 Å². The molecule has 0 bridgehead atoms. The summed E-state index contributed by atoms with van der Waals surface area (Å²) in [4.78, 5) is 42.6. The van der Waals surface area contributed by atoms with Gasteiger partial charge < -0.3 is 24.6 Å². The van der Waals surface area contributed by atoms with Crippen molar-refractivity contribution in [3.05, 3.63) is 18.2 Å². The molecule has 1 N–H and O–H groups in total. The molecule has 31 heavy (non-hydrogen) atoms. The summed E-state index contributed by atoms with van der Waals surface area (Å²) in [6, 6.07) is 5.35. The van der Waals surface area contributed by atoms with Crippen LogP contribution in [0.4, 0.5) is 5.69 Å². The number of nitrogens with zero attached hydrogens (tertiary/aromatic N) is 2. The molecular weight excluding hydrogens is 398 g/mol. The first-order valence-corrected chi connectivity index (χ1v) is 11.3. The molecule has 1 aromatic carbocycles. The summed E-state index contributed by atoms with van der Waals surface area (Å²) < 4.78 is 10.7. The molecule has 1 aliphatic carbocycles. The molecule has 3 amide bonds. The highest BCUT2D eigenvalue weighted by molar-refractivity contribution is 6.01. The molecule has 4 rings (SSSR count). The second-order valence-corrected chi connectivity index (χ2v) is 8.55. The minimum absolute atomic E-state index is 0.00232. The Kier molecular flexibility index (Phi) is 6.07. The summed E-state index contributed by atoms with van der Waals surface area (Å²) in [6.45, 7) is 5.61. The quantitative estimate of drug-likeness (QED) is 0.751. The highest BCUT2D eigenvalue weighted by Gasteiger charge is 2.45. The third-order valence-corrected chi connectivity index (χ3v) is 6.69. The van der Waals surface area contributed by atoms with Crippen LogP contribution in [0.1, 0.15) is 52.4 Å². The van der Waals surface area contributed by atoms with Gasteiger partial charge in [0.15, 0.2) is 11.5 Å². The van der Waals surface area contributed by atoms with Crippen molar-refractivity contribution in [3.63, 3.8) is 0 Å². The molecule has 168 valence electrons. The average molecular weight is 430 g/mol. The minimum atomic E-state index is -0.851. The monoisotopic (exact) mass is 429 g/mol. The number of hydrogen-bond donors (Lipinski definition) is 1. The van der Waals surface area contributed by atoms with Crippen LogP contribution >= 0.6 is 0 Å². The maximum atomic E-state index is 13.3. The van der Waals surface area contributed by atoms with E-state index in [4.69, 9.17) is 9.47 Å². The first-order valence-electron chi connectivity index (χ1n) is 11.3. The number of rotatable bonds is 6. The number of ether oxygens (including phenoxy) is 2. The summed E-state index contributed by atoms with van der Waals surface area (Å²) in [5.41, 5.74) is -0.160. The molecule has 3 aliphatic rings. The standard InChI is InChI=1S/C23H31N3O5/c1-3-25(4-2)22(29)23(10-6-5-7-11-23)24-21(28)16-12-20(27)26(14-16)17-8-9-18-19(13-17)31-15-30-18/h8-9,13,16H,3-7,10-12,14-15H2,1-2H3,(H,24,28). The zero-order chi connectivity index (χ0) is 22.0. The van der Waals surface area contributed by atoms with Crippen LogP contribution in [0.15, 0.2) is 18.2 Å². The van der Waals surface area contributed by atoms with Crippen LogP contribution in [-0.2, 0) is 14.4 Å². The highest BCUT2D eigenvalue weighted by atomic mass is 16.7. The van der Waals surface area contributed by atoms with Crippen LogP contribution in [0.3, 0.4) is 0 Å². The van der Waals surface area contributed by atoms with Gasteiger partial charge in [0.2, 0.25) is 24.5 Å². The van der Waals surface area contributed by atoms with Crippen LogP contribution in [0, 0.1) is 5.92 Å². The molecule has 8 heteroatoms. The zero-order valence-corrected chi connectivity index (χ0v) is 18.3. The maximum Gasteiger partial charge on any atom is 0.248 e. The number of amides is 3. The van der Waals surface area contributed by atoms with Gasteiger partial charge in [-0.1, -0.05) is 19.3 Å². The van der Waals surface area contributed by atoms with Gasteiger partial charge in [-0.3, -0.25) is 14.4 Å². The number of anilines is 1. The predicted octanol–water partition coefficient (Wildman–Crippen LogP) is 2.46. The van der Waals surface area contributed by atoms with Crippen LogP contribution < -0.4 is 19.7 Å². The normalized spacial score (nSPS) is 21.8. The summed E-state index contributed by atoms with van der Waals surface area (Å²) >= 11 is 0. The van der Waals surface area contributed by atoms with Gasteiger partial charge >= 0.3 is 0 Å². The Morgan fingerprint density at radius 3 is 2.55 bits per heavy atom. The molecule has 1 aromatic rings. The lowest BCUT2D eigenvalue weighted by molar-refractivity contribution is -0.144. The van der Waals surface area contributed by atoms with Crippen molar-refractivity contribution in [1.29, 1.82) is 0 Å². The Morgan fingerprint density at radius 2 is 1.84 bits per heavy atom. The lowest BCUT2D eigenvalue weighted by atomic mass is 9.80. The molecule has 0 aromatic heterocycles. The van der Waals surface area contributed by atoms with E-state index < -0.39 is 11.5 Å². The van der Waals surface area contributed by atoms with E-state index in [0.29, 0.717) is 49.7 Å². The van der Waals surface area contributed by atoms with Gasteiger partial charge in [-0.15, -0.1) is 0 Å². The first-order chi connectivity index (χ1) is 15.0. The largest absolute Gasteiger partial charge is 0.454 e. The number of likely N-dealkylation sites (N-methyl/N-ethyl adjacent to an activating group) is 1. The van der Waals surface area contributed by atoms with Gasteiger partial charge in [-0.25, -0.2) is 0 Å². The fourth-order valence-electron chi connectivity index (χ4n) is 4.88. The smallest absolute Gasteiger partial charge is 0.248 e. The van der Waals surface area contributed by atoms with E-state index in [1.165, 1.54) is 0 Å². The predicted molar refractivity (Wildman–Crippen MR) is 115 cm³/mol. The number of carbonyl (C=O) groups excluding carboxylic acids is 3. The number of hydrogen-bond acceptors (Lipinski definition) is 5. The lowest BCUT2D eigenvalue weighted by Gasteiger charge is -2.40. The first kappa shape index (κ1) is 21.5. The molecule has 1 saturated carbocycles. The fraction of sp³-hybridized carbons (Fsp3) is 0.609. The van der Waals surface area contributed by atoms with Crippen molar-refractivity contribution in [1.82, 2.24) is 10.2 Å². The average Bonchev–Trinajstić information content (AvgIpc) is 3.41. The Morgan fingerprint density at radius 1 is 1.13 bits per heavy atom. The molecule has 1 atom stereocenters. The van der Waals surface area contributed by atoms with Crippen LogP contribution in [0.25, 0.3) is 0 Å². The van der Waals surface area contributed by atoms with E-state index in [-0.39, 0.29) is 30.9 Å². The van der Waals surface area contributed by atoms with Crippen LogP contribution in [-0.4, -0.2) is 54.6 Å². The SMILES string of the molecule is CCN(CC)C(=O)C1(NC(=O)C2CC(=O)N(c3ccc4c(c3)OCO4)C2)CCCCC1. The fourth-order valence-corrected chi connectivity index (χ4v) is 4.88. The molecule has 8 nitrogen and oxygen atoms in total. The second-order valence-electron chi connectivity index (χ2n) is 8.55. The number of carbonyl (C=O) groups is 3. The summed E-state index contributed by atoms with van der Waals surface area (Å²) in [7, 11) is 0. The second kappa shape index (κ2) is 8.77. The van der Waals surface area contributed by atoms with E-state index in [1.54, 1.807) is 28.0 Å². The third-order valence-electron chi connectivity index (χ3n) is 6.69. The van der Waals surface area contributed by atoms with E-state index in [1.807, 2.05) is 13.8 Å². The summed E-state index contributed by atoms with van der Waals surface area (Å²) in [5.74, 6) is 0.456. The molecule has 2 heterocycles. The zero-order valence-electron chi connectivity index (χ0n) is 18.3. The summed E-state index contributed by atoms with van der Waals surface area (Å²) in [6.07, 6.45) is 4.35. The van der Waals surface area contributed by atoms with Crippen LogP contribution in [0.2, 0.25) is 0 Å². The van der Waals surface area contributed by atoms with Gasteiger partial charge in [-0.2, -0.15) is 0 Å². The molecule has 0 spiro atoms. The number of benzene rings is 1. The lowest BCUT2D eigenvalue weighted by Crippen LogP contribution is -2.61. The number of fused-ring (bicyclic) bond motifs is 1. The van der Waals surface area contributed by atoms with Crippen LogP contribution in [0.5, 0.6) is 11.5 Å². The van der Waals surface area contributed by atoms with Gasteiger partial charge in [0.25, 0.3) is 0 Å². The Bertz CT molecular complexity index is 861. The molecule has 2 aliphatic heterocycles. The Balaban J connectivity index is 1.48. The minimum Gasteiger partial charge on any atom is -0.454 e. The molecular formula is C23H31N3O5. The Hall–Kier alpha value is -2.77. The van der Waals surface area contributed by atoms with Crippen molar-refractivity contribution >= 4 is 23.4 Å². The van der Waals surface area contributed by atoms with Crippen molar-refractivity contribution in [3.8, 4) is 11.5 Å². The summed E-state index contributed by atoms with van der Waals surface area (Å²) in [5, 5.41) is 3.10. The van der Waals surface area contributed by atoms with Gasteiger partial charge in [-0.05, 0) is 38.8 Å². The van der Waals surface area contributed by atoms with Gasteiger partial charge in [0.05, 0.1) is 5.92 Å². The van der Waals surface area contributed by atoms with Gasteiger partial charge in [0, 0.05) is 37.8 Å².